The van der Waals surface area contributed by atoms with Crippen molar-refractivity contribution in [2.75, 3.05) is 46.9 Å². The second kappa shape index (κ2) is 12.6. The predicted octanol–water partition coefficient (Wildman–Crippen LogP) is 5.87. The molecule has 1 saturated heterocycles. The molecule has 1 unspecified atom stereocenters. The third kappa shape index (κ3) is 6.50. The Balaban J connectivity index is 1.43. The van der Waals surface area contributed by atoms with Crippen LogP contribution in [0.15, 0.2) is 72.1 Å². The number of alkyl halides is 1. The van der Waals surface area contributed by atoms with E-state index in [4.69, 9.17) is 4.74 Å². The van der Waals surface area contributed by atoms with Gasteiger partial charge in [-0.1, -0.05) is 54.6 Å². The van der Waals surface area contributed by atoms with Gasteiger partial charge in [0.25, 0.3) is 0 Å². The summed E-state index contributed by atoms with van der Waals surface area (Å²) in [4.78, 5) is 6.16. The Morgan fingerprint density at radius 1 is 1.00 bits per heavy atom. The Morgan fingerprint density at radius 2 is 1.74 bits per heavy atom. The average Bonchev–Trinajstić information content (AvgIpc) is 3.43. The van der Waals surface area contributed by atoms with Crippen molar-refractivity contribution in [3.63, 3.8) is 0 Å². The van der Waals surface area contributed by atoms with Gasteiger partial charge >= 0.3 is 0 Å². The van der Waals surface area contributed by atoms with Crippen molar-refractivity contribution < 1.29 is 9.13 Å². The number of ether oxygens (including phenoxy) is 1. The number of nitrogens with one attached hydrogen (secondary N) is 1. The minimum Gasteiger partial charge on any atom is -0.485 e. The van der Waals surface area contributed by atoms with Gasteiger partial charge in [0.1, 0.15) is 18.5 Å². The zero-order chi connectivity index (χ0) is 24.5. The van der Waals surface area contributed by atoms with Crippen LogP contribution in [0.1, 0.15) is 41.4 Å². The summed E-state index contributed by atoms with van der Waals surface area (Å²) in [5, 5.41) is 5.25. The molecule has 1 aliphatic rings. The van der Waals surface area contributed by atoms with Gasteiger partial charge in [0.05, 0.1) is 0 Å². The van der Waals surface area contributed by atoms with Crippen molar-refractivity contribution >= 4 is 11.3 Å². The number of thiophene rings is 1. The summed E-state index contributed by atoms with van der Waals surface area (Å²) in [5.41, 5.74) is 2.72. The van der Waals surface area contributed by atoms with Crippen LogP contribution >= 0.6 is 11.3 Å². The van der Waals surface area contributed by atoms with E-state index in [2.05, 4.69) is 95.3 Å². The quantitative estimate of drug-likeness (QED) is 0.318. The van der Waals surface area contributed by atoms with E-state index >= 15 is 0 Å². The van der Waals surface area contributed by atoms with Crippen LogP contribution in [0.25, 0.3) is 0 Å². The Labute approximate surface area is 213 Å². The highest BCUT2D eigenvalue weighted by Gasteiger charge is 2.38. The summed E-state index contributed by atoms with van der Waals surface area (Å²) in [6.45, 7) is 3.74. The van der Waals surface area contributed by atoms with E-state index in [0.29, 0.717) is 6.54 Å². The molecular formula is C29H38FN3OS. The van der Waals surface area contributed by atoms with Crippen LogP contribution in [0.4, 0.5) is 4.39 Å². The highest BCUT2D eigenvalue weighted by molar-refractivity contribution is 7.10. The third-order valence-electron chi connectivity index (χ3n) is 7.20. The van der Waals surface area contributed by atoms with Crippen LogP contribution < -0.4 is 10.1 Å². The third-order valence-corrected chi connectivity index (χ3v) is 8.17. The molecule has 0 aliphatic carbocycles. The highest BCUT2D eigenvalue weighted by Crippen LogP contribution is 2.38. The van der Waals surface area contributed by atoms with Crippen molar-refractivity contribution in [2.45, 2.75) is 37.5 Å². The lowest BCUT2D eigenvalue weighted by atomic mass is 9.79. The van der Waals surface area contributed by atoms with Gasteiger partial charge < -0.3 is 10.1 Å². The fourth-order valence-corrected chi connectivity index (χ4v) is 5.91. The van der Waals surface area contributed by atoms with Crippen molar-refractivity contribution in [2.24, 2.45) is 0 Å². The smallest absolute Gasteiger partial charge is 0.134 e. The molecule has 1 aromatic heterocycles. The fourth-order valence-electron chi connectivity index (χ4n) is 5.13. The number of benzene rings is 2. The van der Waals surface area contributed by atoms with E-state index in [0.717, 1.165) is 51.2 Å². The molecular weight excluding hydrogens is 457 g/mol. The zero-order valence-electron chi connectivity index (χ0n) is 21.0. The Morgan fingerprint density at radius 3 is 2.43 bits per heavy atom. The molecule has 2 aromatic carbocycles. The molecule has 2 heterocycles. The zero-order valence-corrected chi connectivity index (χ0v) is 21.8. The van der Waals surface area contributed by atoms with Gasteiger partial charge in [-0.15, -0.1) is 11.3 Å². The number of rotatable bonds is 12. The molecule has 0 saturated carbocycles. The first-order valence-corrected chi connectivity index (χ1v) is 13.5. The van der Waals surface area contributed by atoms with Crippen LogP contribution in [0.5, 0.6) is 5.75 Å². The molecule has 1 fully saturated rings. The van der Waals surface area contributed by atoms with E-state index in [1.54, 1.807) is 11.3 Å². The molecule has 188 valence electrons. The van der Waals surface area contributed by atoms with E-state index in [1.165, 1.54) is 16.0 Å². The number of piperidine rings is 1. The minimum absolute atomic E-state index is 0.0379. The lowest BCUT2D eigenvalue weighted by molar-refractivity contribution is 0.0501. The maximum absolute atomic E-state index is 12.5. The molecule has 0 amide bonds. The first-order valence-electron chi connectivity index (χ1n) is 12.6. The number of hydrogen-bond acceptors (Lipinski definition) is 5. The molecule has 1 atom stereocenters. The number of halogens is 1. The summed E-state index contributed by atoms with van der Waals surface area (Å²) in [5.74, 6) is 0.948. The molecule has 4 rings (SSSR count). The van der Waals surface area contributed by atoms with Crippen LogP contribution in [-0.4, -0.2) is 56.7 Å². The molecule has 0 bridgehead atoms. The largest absolute Gasteiger partial charge is 0.485 e. The van der Waals surface area contributed by atoms with Crippen molar-refractivity contribution in [1.29, 1.82) is 0 Å². The average molecular weight is 496 g/mol. The Bertz CT molecular complexity index is 1000. The molecule has 35 heavy (non-hydrogen) atoms. The first kappa shape index (κ1) is 25.8. The molecule has 1 aliphatic heterocycles. The number of nitrogens with zero attached hydrogens (tertiary/aromatic N) is 2. The lowest BCUT2D eigenvalue weighted by Crippen LogP contribution is -2.50. The number of para-hydroxylation sites is 1. The van der Waals surface area contributed by atoms with Crippen LogP contribution in [0.3, 0.4) is 0 Å². The second-order valence-corrected chi connectivity index (χ2v) is 10.5. The Kier molecular flexibility index (Phi) is 9.32. The SMILES string of the molecule is CN(C)C1(c2ccccc2)CCN(Cc2ccccc2OC(CCNCCF)c2cccs2)CC1. The van der Waals surface area contributed by atoms with Crippen molar-refractivity contribution in [3.8, 4) is 5.75 Å². The normalized spacial score (nSPS) is 16.9. The van der Waals surface area contributed by atoms with E-state index < -0.39 is 0 Å². The van der Waals surface area contributed by atoms with Gasteiger partial charge in [0.15, 0.2) is 0 Å². The van der Waals surface area contributed by atoms with E-state index in [9.17, 15) is 4.39 Å². The van der Waals surface area contributed by atoms with Crippen LogP contribution in [0.2, 0.25) is 0 Å². The van der Waals surface area contributed by atoms with Gasteiger partial charge in [-0.25, -0.2) is 4.39 Å². The topological polar surface area (TPSA) is 27.7 Å². The molecule has 6 heteroatoms. The molecule has 3 aromatic rings. The van der Waals surface area contributed by atoms with E-state index in [1.807, 2.05) is 6.07 Å². The molecule has 0 radical (unpaired) electrons. The van der Waals surface area contributed by atoms with E-state index in [-0.39, 0.29) is 18.3 Å². The van der Waals surface area contributed by atoms with Gasteiger partial charge in [0.2, 0.25) is 0 Å². The molecule has 0 spiro atoms. The summed E-state index contributed by atoms with van der Waals surface area (Å²) < 4.78 is 19.1. The van der Waals surface area contributed by atoms with Gasteiger partial charge in [0, 0.05) is 48.6 Å². The van der Waals surface area contributed by atoms with Gasteiger partial charge in [-0.05, 0) is 56.6 Å². The maximum Gasteiger partial charge on any atom is 0.134 e. The van der Waals surface area contributed by atoms with Gasteiger partial charge in [-0.2, -0.15) is 0 Å². The second-order valence-electron chi connectivity index (χ2n) is 9.53. The monoisotopic (exact) mass is 495 g/mol. The molecule has 1 N–H and O–H groups in total. The van der Waals surface area contributed by atoms with Crippen LogP contribution in [0, 0.1) is 0 Å². The molecule has 4 nitrogen and oxygen atoms in total. The fraction of sp³-hybridized carbons (Fsp3) is 0.448. The number of hydrogen-bond donors (Lipinski definition) is 1. The summed E-state index contributed by atoms with van der Waals surface area (Å²) in [7, 11) is 4.41. The highest BCUT2D eigenvalue weighted by atomic mass is 32.1. The van der Waals surface area contributed by atoms with Crippen LogP contribution in [-0.2, 0) is 12.1 Å². The number of likely N-dealkylation sites (tertiary alicyclic amines) is 1. The summed E-state index contributed by atoms with van der Waals surface area (Å²) in [6.07, 6.45) is 2.97. The van der Waals surface area contributed by atoms with Gasteiger partial charge in [-0.3, -0.25) is 9.80 Å². The first-order chi connectivity index (χ1) is 17.1. The minimum atomic E-state index is -0.345. The van der Waals surface area contributed by atoms with Crippen molar-refractivity contribution in [3.05, 3.63) is 88.1 Å². The maximum atomic E-state index is 12.5. The summed E-state index contributed by atoms with van der Waals surface area (Å²) >= 11 is 1.71. The Hall–Kier alpha value is -2.25. The van der Waals surface area contributed by atoms with Crippen molar-refractivity contribution in [1.82, 2.24) is 15.1 Å². The summed E-state index contributed by atoms with van der Waals surface area (Å²) in [6, 6.07) is 23.6. The lowest BCUT2D eigenvalue weighted by Gasteiger charge is -2.46. The predicted molar refractivity (Wildman–Crippen MR) is 144 cm³/mol. The standard InChI is InChI=1S/C29H38FN3OS/c1-32(2)29(25-10-4-3-5-11-25)15-20-33(21-16-29)23-24-9-6-7-12-26(24)34-27(14-18-31-19-17-30)28-13-8-22-35-28/h3-13,22,27,31H,14-21,23H2,1-2H3.